The van der Waals surface area contributed by atoms with Crippen LogP contribution in [0.4, 0.5) is 10.2 Å². The van der Waals surface area contributed by atoms with Gasteiger partial charge >= 0.3 is 0 Å². The van der Waals surface area contributed by atoms with Crippen molar-refractivity contribution in [3.63, 3.8) is 0 Å². The molecule has 1 aliphatic rings. The van der Waals surface area contributed by atoms with Crippen molar-refractivity contribution in [3.8, 4) is 0 Å². The molecule has 1 aromatic heterocycles. The lowest BCUT2D eigenvalue weighted by molar-refractivity contribution is -0.124. The summed E-state index contributed by atoms with van der Waals surface area (Å²) < 4.78 is 14.8. The number of nitrogens with zero attached hydrogens (tertiary/aromatic N) is 3. The van der Waals surface area contributed by atoms with Gasteiger partial charge in [-0.05, 0) is 24.6 Å². The zero-order valence-corrected chi connectivity index (χ0v) is 12.8. The molecule has 2 amide bonds. The number of amides is 2. The highest BCUT2D eigenvalue weighted by atomic mass is 19.1. The average Bonchev–Trinajstić information content (AvgIpc) is 2.89. The van der Waals surface area contributed by atoms with Gasteiger partial charge in [0.05, 0.1) is 12.2 Å². The Morgan fingerprint density at radius 2 is 2.22 bits per heavy atom. The number of rotatable bonds is 4. The van der Waals surface area contributed by atoms with E-state index in [-0.39, 0.29) is 30.7 Å². The van der Waals surface area contributed by atoms with Crippen molar-refractivity contribution in [3.05, 3.63) is 47.4 Å². The van der Waals surface area contributed by atoms with E-state index in [0.29, 0.717) is 24.3 Å². The van der Waals surface area contributed by atoms with Crippen LogP contribution >= 0.6 is 0 Å². The third-order valence-electron chi connectivity index (χ3n) is 3.68. The monoisotopic (exact) mass is 316 g/mol. The molecule has 1 N–H and O–H groups in total. The number of anilines is 1. The number of hydrogen-bond acceptors (Lipinski definition) is 3. The quantitative estimate of drug-likeness (QED) is 0.927. The van der Waals surface area contributed by atoms with Crippen LogP contribution < -0.4 is 10.2 Å². The third-order valence-corrected chi connectivity index (χ3v) is 3.68. The SMILES string of the molecule is Cc1cc2n(n1)CCC(=O)N2CC(=O)NCc1cccc(F)c1. The van der Waals surface area contributed by atoms with E-state index in [1.165, 1.54) is 17.0 Å². The Kier molecular flexibility index (Phi) is 4.10. The molecule has 2 aromatic rings. The summed E-state index contributed by atoms with van der Waals surface area (Å²) in [7, 11) is 0. The van der Waals surface area contributed by atoms with Crippen LogP contribution in [0.15, 0.2) is 30.3 Å². The summed E-state index contributed by atoms with van der Waals surface area (Å²) in [6.45, 7) is 2.53. The molecule has 7 heteroatoms. The van der Waals surface area contributed by atoms with E-state index < -0.39 is 0 Å². The van der Waals surface area contributed by atoms with Crippen molar-refractivity contribution >= 4 is 17.6 Å². The maximum absolute atomic E-state index is 13.1. The maximum atomic E-state index is 13.1. The lowest BCUT2D eigenvalue weighted by Gasteiger charge is -2.26. The van der Waals surface area contributed by atoms with Gasteiger partial charge in [-0.2, -0.15) is 5.10 Å². The van der Waals surface area contributed by atoms with Crippen LogP contribution in [0.2, 0.25) is 0 Å². The fraction of sp³-hybridized carbons (Fsp3) is 0.312. The van der Waals surface area contributed by atoms with Gasteiger partial charge in [0.2, 0.25) is 11.8 Å². The van der Waals surface area contributed by atoms with Gasteiger partial charge in [0.1, 0.15) is 18.2 Å². The number of carbonyl (C=O) groups excluding carboxylic acids is 2. The summed E-state index contributed by atoms with van der Waals surface area (Å²) >= 11 is 0. The number of aryl methyl sites for hydroxylation is 2. The molecular weight excluding hydrogens is 299 g/mol. The fourth-order valence-corrected chi connectivity index (χ4v) is 2.59. The normalized spacial score (nSPS) is 13.8. The van der Waals surface area contributed by atoms with Crippen molar-refractivity contribution < 1.29 is 14.0 Å². The van der Waals surface area contributed by atoms with E-state index in [2.05, 4.69) is 10.4 Å². The largest absolute Gasteiger partial charge is 0.350 e. The number of benzene rings is 1. The fourth-order valence-electron chi connectivity index (χ4n) is 2.59. The topological polar surface area (TPSA) is 67.2 Å². The predicted molar refractivity (Wildman–Crippen MR) is 82.2 cm³/mol. The zero-order chi connectivity index (χ0) is 16.4. The first-order chi connectivity index (χ1) is 11.0. The zero-order valence-electron chi connectivity index (χ0n) is 12.8. The second kappa shape index (κ2) is 6.20. The minimum atomic E-state index is -0.345. The van der Waals surface area contributed by atoms with Gasteiger partial charge in [-0.15, -0.1) is 0 Å². The molecule has 23 heavy (non-hydrogen) atoms. The second-order valence-corrected chi connectivity index (χ2v) is 5.50. The molecule has 2 heterocycles. The molecule has 0 spiro atoms. The Labute approximate surface area is 132 Å². The van der Waals surface area contributed by atoms with Crippen molar-refractivity contribution in [1.82, 2.24) is 15.1 Å². The number of halogens is 1. The lowest BCUT2D eigenvalue weighted by atomic mass is 10.2. The summed E-state index contributed by atoms with van der Waals surface area (Å²) in [4.78, 5) is 25.6. The van der Waals surface area contributed by atoms with E-state index >= 15 is 0 Å². The van der Waals surface area contributed by atoms with Crippen molar-refractivity contribution in [1.29, 1.82) is 0 Å². The first kappa shape index (κ1) is 15.2. The molecule has 1 aliphatic heterocycles. The Morgan fingerprint density at radius 1 is 1.39 bits per heavy atom. The average molecular weight is 316 g/mol. The first-order valence-electron chi connectivity index (χ1n) is 7.39. The van der Waals surface area contributed by atoms with Crippen LogP contribution in [0.1, 0.15) is 17.7 Å². The predicted octanol–water partition coefficient (Wildman–Crippen LogP) is 1.38. The van der Waals surface area contributed by atoms with Crippen LogP contribution in [-0.4, -0.2) is 28.1 Å². The minimum Gasteiger partial charge on any atom is -0.350 e. The molecule has 0 radical (unpaired) electrons. The van der Waals surface area contributed by atoms with Gasteiger partial charge in [0.15, 0.2) is 0 Å². The van der Waals surface area contributed by atoms with Gasteiger partial charge in [0.25, 0.3) is 0 Å². The van der Waals surface area contributed by atoms with Gasteiger partial charge < -0.3 is 5.32 Å². The number of carbonyl (C=O) groups is 2. The van der Waals surface area contributed by atoms with Gasteiger partial charge in [-0.3, -0.25) is 14.5 Å². The molecule has 0 aliphatic carbocycles. The molecular formula is C16H17FN4O2. The number of hydrogen-bond donors (Lipinski definition) is 1. The molecule has 0 atom stereocenters. The highest BCUT2D eigenvalue weighted by Crippen LogP contribution is 2.22. The number of nitrogens with one attached hydrogen (secondary N) is 1. The Hall–Kier alpha value is -2.70. The Morgan fingerprint density at radius 3 is 3.00 bits per heavy atom. The molecule has 0 saturated carbocycles. The van der Waals surface area contributed by atoms with Crippen molar-refractivity contribution in [2.45, 2.75) is 26.4 Å². The molecule has 120 valence electrons. The van der Waals surface area contributed by atoms with Crippen molar-refractivity contribution in [2.24, 2.45) is 0 Å². The number of fused-ring (bicyclic) bond motifs is 1. The van der Waals surface area contributed by atoms with Crippen LogP contribution in [0, 0.1) is 12.7 Å². The molecule has 0 unspecified atom stereocenters. The van der Waals surface area contributed by atoms with Crippen LogP contribution in [-0.2, 0) is 22.7 Å². The third kappa shape index (κ3) is 3.39. The van der Waals surface area contributed by atoms with Crippen LogP contribution in [0.5, 0.6) is 0 Å². The standard InChI is InChI=1S/C16H17FN4O2/c1-11-7-15-20(16(23)5-6-21(15)19-11)10-14(22)18-9-12-3-2-4-13(17)8-12/h2-4,7-8H,5-6,9-10H2,1H3,(H,18,22). The maximum Gasteiger partial charge on any atom is 0.240 e. The van der Waals surface area contributed by atoms with E-state index in [0.717, 1.165) is 5.69 Å². The van der Waals surface area contributed by atoms with Gasteiger partial charge in [0, 0.05) is 19.0 Å². The van der Waals surface area contributed by atoms with Crippen LogP contribution in [0.25, 0.3) is 0 Å². The van der Waals surface area contributed by atoms with Gasteiger partial charge in [-0.25, -0.2) is 9.07 Å². The smallest absolute Gasteiger partial charge is 0.240 e. The molecule has 1 aromatic carbocycles. The summed E-state index contributed by atoms with van der Waals surface area (Å²) in [5.74, 6) is -0.102. The Balaban J connectivity index is 1.64. The summed E-state index contributed by atoms with van der Waals surface area (Å²) in [6.07, 6.45) is 0.325. The first-order valence-corrected chi connectivity index (χ1v) is 7.39. The summed E-state index contributed by atoms with van der Waals surface area (Å²) in [6, 6.07) is 7.82. The summed E-state index contributed by atoms with van der Waals surface area (Å²) in [5, 5.41) is 7.00. The molecule has 6 nitrogen and oxygen atoms in total. The molecule has 0 saturated heterocycles. The van der Waals surface area contributed by atoms with Crippen molar-refractivity contribution in [2.75, 3.05) is 11.4 Å². The molecule has 0 bridgehead atoms. The summed E-state index contributed by atoms with van der Waals surface area (Å²) in [5.41, 5.74) is 1.48. The highest BCUT2D eigenvalue weighted by Gasteiger charge is 2.27. The van der Waals surface area contributed by atoms with Crippen LogP contribution in [0.3, 0.4) is 0 Å². The highest BCUT2D eigenvalue weighted by molar-refractivity contribution is 5.98. The second-order valence-electron chi connectivity index (χ2n) is 5.50. The van der Waals surface area contributed by atoms with E-state index in [4.69, 9.17) is 0 Å². The molecule has 3 rings (SSSR count). The number of aromatic nitrogens is 2. The van der Waals surface area contributed by atoms with Gasteiger partial charge in [-0.1, -0.05) is 12.1 Å². The minimum absolute atomic E-state index is 0.0702. The lowest BCUT2D eigenvalue weighted by Crippen LogP contribution is -2.44. The van der Waals surface area contributed by atoms with E-state index in [9.17, 15) is 14.0 Å². The van der Waals surface area contributed by atoms with E-state index in [1.54, 1.807) is 22.9 Å². The van der Waals surface area contributed by atoms with E-state index in [1.807, 2.05) is 6.92 Å². The Bertz CT molecular complexity index is 756. The molecule has 0 fully saturated rings.